The average Bonchev–Trinajstić information content (AvgIpc) is 3.43. The number of ether oxygens (including phenoxy) is 2. The maximum absolute atomic E-state index is 13.4. The topological polar surface area (TPSA) is 88.2 Å². The molecule has 2 unspecified atom stereocenters. The molecule has 2 aromatic carbocycles. The van der Waals surface area contributed by atoms with E-state index in [2.05, 4.69) is 19.2 Å². The van der Waals surface area contributed by atoms with E-state index in [0.29, 0.717) is 29.5 Å². The number of hydrogen-bond donors (Lipinski definition) is 1. The van der Waals surface area contributed by atoms with Gasteiger partial charge in [0.1, 0.15) is 23.6 Å². The summed E-state index contributed by atoms with van der Waals surface area (Å²) >= 11 is 0. The van der Waals surface area contributed by atoms with Gasteiger partial charge in [-0.3, -0.25) is 14.5 Å². The number of imide groups is 1. The van der Waals surface area contributed by atoms with Crippen LogP contribution in [0.3, 0.4) is 0 Å². The van der Waals surface area contributed by atoms with Crippen LogP contribution in [0.5, 0.6) is 11.5 Å². The summed E-state index contributed by atoms with van der Waals surface area (Å²) in [6, 6.07) is 12.4. The van der Waals surface area contributed by atoms with E-state index in [1.165, 1.54) is 0 Å². The van der Waals surface area contributed by atoms with Crippen LogP contribution in [-0.4, -0.2) is 55.0 Å². The number of nitrogens with one attached hydrogen (secondary N) is 1. The van der Waals surface area contributed by atoms with E-state index in [-0.39, 0.29) is 18.5 Å². The fourth-order valence-electron chi connectivity index (χ4n) is 4.95. The van der Waals surface area contributed by atoms with E-state index in [1.807, 2.05) is 42.5 Å². The van der Waals surface area contributed by atoms with Crippen LogP contribution in [0.4, 0.5) is 4.79 Å². The van der Waals surface area contributed by atoms with Gasteiger partial charge in [0.25, 0.3) is 5.91 Å². The molecule has 2 aliphatic heterocycles. The minimum Gasteiger partial charge on any atom is -0.497 e. The van der Waals surface area contributed by atoms with Gasteiger partial charge in [0.15, 0.2) is 0 Å². The Balaban J connectivity index is 1.54. The van der Waals surface area contributed by atoms with Gasteiger partial charge in [-0.1, -0.05) is 38.1 Å². The summed E-state index contributed by atoms with van der Waals surface area (Å²) < 4.78 is 10.9. The Kier molecular flexibility index (Phi) is 6.74. The molecule has 4 amide bonds. The summed E-state index contributed by atoms with van der Waals surface area (Å²) in [5, 5.41) is 2.80. The molecule has 0 aliphatic carbocycles. The van der Waals surface area contributed by atoms with Crippen LogP contribution in [0, 0.1) is 0 Å². The predicted molar refractivity (Wildman–Crippen MR) is 131 cm³/mol. The highest BCUT2D eigenvalue weighted by Gasteiger charge is 2.50. The number of likely N-dealkylation sites (tertiary alicyclic amines) is 1. The van der Waals surface area contributed by atoms with Crippen LogP contribution in [0.15, 0.2) is 42.5 Å². The van der Waals surface area contributed by atoms with Gasteiger partial charge >= 0.3 is 6.03 Å². The third-order valence-electron chi connectivity index (χ3n) is 7.09. The monoisotopic (exact) mass is 479 g/mol. The standard InChI is InChI=1S/C27H33N3O5/c1-17(2)18-8-10-19(11-9-18)27(3)25(32)30(26(33)28-27)16-24(31)29-14-6-7-22(29)21-15-20(34-4)12-13-23(21)35-5/h8-13,15,17,22H,6-7,14,16H2,1-5H3,(H,28,33). The molecule has 2 atom stereocenters. The third-order valence-corrected chi connectivity index (χ3v) is 7.09. The maximum atomic E-state index is 13.4. The summed E-state index contributed by atoms with van der Waals surface area (Å²) in [5.74, 6) is 0.996. The summed E-state index contributed by atoms with van der Waals surface area (Å²) in [5.41, 5.74) is 1.47. The number of benzene rings is 2. The first kappa shape index (κ1) is 24.6. The van der Waals surface area contributed by atoms with E-state index in [1.54, 1.807) is 26.0 Å². The average molecular weight is 480 g/mol. The molecule has 2 aliphatic rings. The number of nitrogens with zero attached hydrogens (tertiary/aromatic N) is 2. The van der Waals surface area contributed by atoms with Crippen molar-refractivity contribution in [2.45, 2.75) is 51.1 Å². The van der Waals surface area contributed by atoms with Gasteiger partial charge in [0.2, 0.25) is 5.91 Å². The smallest absolute Gasteiger partial charge is 0.325 e. The lowest BCUT2D eigenvalue weighted by atomic mass is 9.90. The molecule has 0 saturated carbocycles. The first-order chi connectivity index (χ1) is 16.7. The van der Waals surface area contributed by atoms with Crippen molar-refractivity contribution in [2.24, 2.45) is 0 Å². The van der Waals surface area contributed by atoms with Crippen molar-refractivity contribution < 1.29 is 23.9 Å². The van der Waals surface area contributed by atoms with Crippen molar-refractivity contribution in [1.29, 1.82) is 0 Å². The molecule has 2 fully saturated rings. The Morgan fingerprint density at radius 2 is 1.83 bits per heavy atom. The molecule has 35 heavy (non-hydrogen) atoms. The van der Waals surface area contributed by atoms with Crippen molar-refractivity contribution in [3.05, 3.63) is 59.2 Å². The van der Waals surface area contributed by atoms with Gasteiger partial charge in [-0.2, -0.15) is 0 Å². The SMILES string of the molecule is COc1ccc(OC)c(C2CCCN2C(=O)CN2C(=O)NC(C)(c3ccc(C(C)C)cc3)C2=O)c1. The Morgan fingerprint density at radius 3 is 2.46 bits per heavy atom. The number of methoxy groups -OCH3 is 2. The second kappa shape index (κ2) is 9.60. The van der Waals surface area contributed by atoms with Gasteiger partial charge in [-0.05, 0) is 55.0 Å². The Morgan fingerprint density at radius 1 is 1.11 bits per heavy atom. The number of carbonyl (C=O) groups excluding carboxylic acids is 3. The molecule has 0 bridgehead atoms. The van der Waals surface area contributed by atoms with Crippen LogP contribution in [0.25, 0.3) is 0 Å². The largest absolute Gasteiger partial charge is 0.497 e. The van der Waals surface area contributed by atoms with Crippen molar-refractivity contribution >= 4 is 17.8 Å². The quantitative estimate of drug-likeness (QED) is 0.608. The highest BCUT2D eigenvalue weighted by molar-refractivity contribution is 6.09. The molecule has 2 heterocycles. The lowest BCUT2D eigenvalue weighted by Gasteiger charge is -2.28. The van der Waals surface area contributed by atoms with Crippen molar-refractivity contribution in [3.8, 4) is 11.5 Å². The molecule has 0 aromatic heterocycles. The zero-order valence-electron chi connectivity index (χ0n) is 21.0. The summed E-state index contributed by atoms with van der Waals surface area (Å²) in [6.45, 7) is 6.11. The predicted octanol–water partition coefficient (Wildman–Crippen LogP) is 3.96. The van der Waals surface area contributed by atoms with Crippen molar-refractivity contribution in [2.75, 3.05) is 27.3 Å². The van der Waals surface area contributed by atoms with Crippen LogP contribution < -0.4 is 14.8 Å². The van der Waals surface area contributed by atoms with E-state index in [9.17, 15) is 14.4 Å². The molecule has 1 N–H and O–H groups in total. The molecule has 8 heteroatoms. The zero-order valence-corrected chi connectivity index (χ0v) is 21.0. The minimum absolute atomic E-state index is 0.219. The molecule has 4 rings (SSSR count). The first-order valence-electron chi connectivity index (χ1n) is 12.0. The van der Waals surface area contributed by atoms with Crippen LogP contribution in [-0.2, 0) is 15.1 Å². The van der Waals surface area contributed by atoms with Gasteiger partial charge in [-0.25, -0.2) is 4.79 Å². The van der Waals surface area contributed by atoms with Gasteiger partial charge in [0, 0.05) is 12.1 Å². The normalized spacial score (nSPS) is 22.1. The molecular weight excluding hydrogens is 446 g/mol. The number of urea groups is 1. The lowest BCUT2D eigenvalue weighted by molar-refractivity contribution is -0.139. The van der Waals surface area contributed by atoms with Crippen molar-refractivity contribution in [1.82, 2.24) is 15.1 Å². The van der Waals surface area contributed by atoms with E-state index in [0.717, 1.165) is 28.9 Å². The number of amides is 4. The summed E-state index contributed by atoms with van der Waals surface area (Å²) in [6.07, 6.45) is 1.58. The van der Waals surface area contributed by atoms with E-state index in [4.69, 9.17) is 9.47 Å². The molecule has 2 saturated heterocycles. The lowest BCUT2D eigenvalue weighted by Crippen LogP contribution is -2.44. The maximum Gasteiger partial charge on any atom is 0.325 e. The molecule has 186 valence electrons. The third kappa shape index (κ3) is 4.45. The van der Waals surface area contributed by atoms with Crippen molar-refractivity contribution in [3.63, 3.8) is 0 Å². The summed E-state index contributed by atoms with van der Waals surface area (Å²) in [4.78, 5) is 42.3. The molecule has 0 radical (unpaired) electrons. The van der Waals surface area contributed by atoms with Crippen LogP contribution in [0.2, 0.25) is 0 Å². The Labute approximate surface area is 206 Å². The highest BCUT2D eigenvalue weighted by Crippen LogP contribution is 2.39. The van der Waals surface area contributed by atoms with Gasteiger partial charge in [-0.15, -0.1) is 0 Å². The number of carbonyl (C=O) groups is 3. The number of hydrogen-bond acceptors (Lipinski definition) is 5. The first-order valence-corrected chi connectivity index (χ1v) is 12.0. The number of rotatable bonds is 7. The second-order valence-corrected chi connectivity index (χ2v) is 9.58. The fraction of sp³-hybridized carbons (Fsp3) is 0.444. The van der Waals surface area contributed by atoms with Gasteiger partial charge < -0.3 is 19.7 Å². The van der Waals surface area contributed by atoms with Crippen LogP contribution >= 0.6 is 0 Å². The molecule has 2 aromatic rings. The van der Waals surface area contributed by atoms with E-state index >= 15 is 0 Å². The molecular formula is C27H33N3O5. The molecule has 8 nitrogen and oxygen atoms in total. The van der Waals surface area contributed by atoms with E-state index < -0.39 is 17.5 Å². The summed E-state index contributed by atoms with van der Waals surface area (Å²) in [7, 11) is 3.18. The fourth-order valence-corrected chi connectivity index (χ4v) is 4.95. The molecule has 0 spiro atoms. The zero-order chi connectivity index (χ0) is 25.3. The van der Waals surface area contributed by atoms with Gasteiger partial charge in [0.05, 0.1) is 20.3 Å². The Bertz CT molecular complexity index is 1130. The highest BCUT2D eigenvalue weighted by atomic mass is 16.5. The van der Waals surface area contributed by atoms with Crippen LogP contribution in [0.1, 0.15) is 62.3 Å². The Hall–Kier alpha value is -3.55. The second-order valence-electron chi connectivity index (χ2n) is 9.58. The minimum atomic E-state index is -1.21.